The molecule has 1 aromatic carbocycles. The third kappa shape index (κ3) is 2.04. The Morgan fingerprint density at radius 1 is 1.14 bits per heavy atom. The smallest absolute Gasteiger partial charge is 0.186 e. The fraction of sp³-hybridized carbons (Fsp3) is 0.455. The summed E-state index contributed by atoms with van der Waals surface area (Å²) in [6.07, 6.45) is 5.17. The molecule has 0 radical (unpaired) electrons. The summed E-state index contributed by atoms with van der Waals surface area (Å²) < 4.78 is 19.6. The Morgan fingerprint density at radius 2 is 1.71 bits per heavy atom. The predicted molar refractivity (Wildman–Crippen MR) is 56.7 cm³/mol. The fourth-order valence-corrected chi connectivity index (χ4v) is 2.48. The third-order valence-corrected chi connectivity index (χ3v) is 3.58. The fourth-order valence-electron chi connectivity index (χ4n) is 2.12. The second kappa shape index (κ2) is 4.24. The molecule has 2 rings (SSSR count). The molecule has 0 aliphatic heterocycles. The van der Waals surface area contributed by atoms with Gasteiger partial charge >= 0.3 is 0 Å². The van der Waals surface area contributed by atoms with Crippen LogP contribution in [0.1, 0.15) is 37.2 Å². The molecule has 0 amide bonds. The van der Waals surface area contributed by atoms with Crippen molar-refractivity contribution in [3.05, 3.63) is 29.8 Å². The summed E-state index contributed by atoms with van der Waals surface area (Å²) in [5.74, 6) is 0.677. The van der Waals surface area contributed by atoms with Crippen LogP contribution in [-0.4, -0.2) is 8.76 Å². The van der Waals surface area contributed by atoms with Gasteiger partial charge in [0.15, 0.2) is 11.1 Å². The molecular weight excluding hydrogens is 196 g/mol. The summed E-state index contributed by atoms with van der Waals surface area (Å²) in [5.41, 5.74) is 1.32. The summed E-state index contributed by atoms with van der Waals surface area (Å²) in [4.78, 5) is 0.492. The monoisotopic (exact) mass is 210 g/mol. The van der Waals surface area contributed by atoms with Gasteiger partial charge < -0.3 is 4.55 Å². The van der Waals surface area contributed by atoms with E-state index >= 15 is 0 Å². The first-order chi connectivity index (χ1) is 6.77. The van der Waals surface area contributed by atoms with Crippen molar-refractivity contribution in [1.82, 2.24) is 0 Å². The van der Waals surface area contributed by atoms with Gasteiger partial charge in [-0.3, -0.25) is 0 Å². The van der Waals surface area contributed by atoms with Gasteiger partial charge in [0.25, 0.3) is 0 Å². The molecule has 3 heteroatoms. The van der Waals surface area contributed by atoms with E-state index in [4.69, 9.17) is 4.55 Å². The van der Waals surface area contributed by atoms with E-state index < -0.39 is 11.1 Å². The van der Waals surface area contributed by atoms with E-state index in [9.17, 15) is 4.21 Å². The van der Waals surface area contributed by atoms with Gasteiger partial charge in [0.1, 0.15) is 0 Å². The van der Waals surface area contributed by atoms with E-state index in [1.54, 1.807) is 12.1 Å². The minimum Gasteiger partial charge on any atom is -0.302 e. The maximum absolute atomic E-state index is 10.7. The number of hydrogen-bond acceptors (Lipinski definition) is 1. The molecule has 1 saturated carbocycles. The maximum Gasteiger partial charge on any atom is 0.186 e. The van der Waals surface area contributed by atoms with Crippen molar-refractivity contribution >= 4 is 11.1 Å². The van der Waals surface area contributed by atoms with Crippen LogP contribution < -0.4 is 0 Å². The van der Waals surface area contributed by atoms with Crippen LogP contribution in [-0.2, 0) is 11.1 Å². The van der Waals surface area contributed by atoms with Gasteiger partial charge in [-0.25, -0.2) is 4.21 Å². The molecule has 1 atom stereocenters. The zero-order valence-electron chi connectivity index (χ0n) is 7.98. The molecule has 0 heterocycles. The zero-order chi connectivity index (χ0) is 9.97. The normalized spacial score (nSPS) is 19.8. The van der Waals surface area contributed by atoms with Gasteiger partial charge in [-0.1, -0.05) is 25.0 Å². The molecule has 0 saturated heterocycles. The first kappa shape index (κ1) is 9.87. The first-order valence-corrected chi connectivity index (χ1v) is 6.09. The second-order valence-electron chi connectivity index (χ2n) is 3.80. The van der Waals surface area contributed by atoms with Crippen LogP contribution in [0, 0.1) is 0 Å². The van der Waals surface area contributed by atoms with Crippen LogP contribution in [0.4, 0.5) is 0 Å². The quantitative estimate of drug-likeness (QED) is 0.762. The molecule has 1 aliphatic rings. The van der Waals surface area contributed by atoms with Crippen molar-refractivity contribution in [2.75, 3.05) is 0 Å². The van der Waals surface area contributed by atoms with Crippen LogP contribution in [0.2, 0.25) is 0 Å². The van der Waals surface area contributed by atoms with Crippen LogP contribution in [0.15, 0.2) is 29.2 Å². The summed E-state index contributed by atoms with van der Waals surface area (Å²) in [6.45, 7) is 0. The lowest BCUT2D eigenvalue weighted by atomic mass is 9.98. The van der Waals surface area contributed by atoms with Gasteiger partial charge in [-0.2, -0.15) is 0 Å². The maximum atomic E-state index is 10.7. The van der Waals surface area contributed by atoms with Crippen molar-refractivity contribution in [3.8, 4) is 0 Å². The topological polar surface area (TPSA) is 37.3 Å². The van der Waals surface area contributed by atoms with Crippen LogP contribution in [0.5, 0.6) is 0 Å². The van der Waals surface area contributed by atoms with Gasteiger partial charge in [-0.15, -0.1) is 0 Å². The highest BCUT2D eigenvalue weighted by Gasteiger charge is 2.16. The van der Waals surface area contributed by atoms with E-state index in [-0.39, 0.29) is 0 Å². The Balaban J connectivity index is 2.16. The van der Waals surface area contributed by atoms with Gasteiger partial charge in [0.2, 0.25) is 0 Å². The van der Waals surface area contributed by atoms with Crippen LogP contribution in [0.3, 0.4) is 0 Å². The Hall–Kier alpha value is -0.670. The Morgan fingerprint density at radius 3 is 2.21 bits per heavy atom. The SMILES string of the molecule is O=S(O)c1ccc(C2CCCC2)cc1. The molecule has 14 heavy (non-hydrogen) atoms. The average molecular weight is 210 g/mol. The summed E-state index contributed by atoms with van der Waals surface area (Å²) in [7, 11) is 0. The highest BCUT2D eigenvalue weighted by atomic mass is 32.2. The lowest BCUT2D eigenvalue weighted by Crippen LogP contribution is -1.93. The molecule has 1 N–H and O–H groups in total. The lowest BCUT2D eigenvalue weighted by molar-refractivity contribution is 0.564. The minimum atomic E-state index is -1.84. The van der Waals surface area contributed by atoms with E-state index in [2.05, 4.69) is 0 Å². The molecule has 1 unspecified atom stereocenters. The van der Waals surface area contributed by atoms with E-state index in [1.165, 1.54) is 31.2 Å². The number of benzene rings is 1. The van der Waals surface area contributed by atoms with Gasteiger partial charge in [-0.05, 0) is 36.5 Å². The van der Waals surface area contributed by atoms with Crippen molar-refractivity contribution in [3.63, 3.8) is 0 Å². The summed E-state index contributed by atoms with van der Waals surface area (Å²) >= 11 is -1.84. The Bertz CT molecular complexity index is 326. The lowest BCUT2D eigenvalue weighted by Gasteiger charge is -2.08. The molecule has 76 valence electrons. The molecule has 0 aromatic heterocycles. The standard InChI is InChI=1S/C11H14O2S/c12-14(13)11-7-5-10(6-8-11)9-3-1-2-4-9/h5-9H,1-4H2,(H,12,13). The molecule has 2 nitrogen and oxygen atoms in total. The van der Waals surface area contributed by atoms with E-state index in [0.717, 1.165) is 0 Å². The van der Waals surface area contributed by atoms with Gasteiger partial charge in [0, 0.05) is 0 Å². The number of rotatable bonds is 2. The van der Waals surface area contributed by atoms with Crippen LogP contribution >= 0.6 is 0 Å². The highest BCUT2D eigenvalue weighted by Crippen LogP contribution is 2.34. The summed E-state index contributed by atoms with van der Waals surface area (Å²) in [6, 6.07) is 7.48. The van der Waals surface area contributed by atoms with Crippen molar-refractivity contribution in [2.24, 2.45) is 0 Å². The molecular formula is C11H14O2S. The highest BCUT2D eigenvalue weighted by molar-refractivity contribution is 7.79. The van der Waals surface area contributed by atoms with Crippen LogP contribution in [0.25, 0.3) is 0 Å². The zero-order valence-corrected chi connectivity index (χ0v) is 8.80. The predicted octanol–water partition coefficient (Wildman–Crippen LogP) is 2.92. The molecule has 0 spiro atoms. The Labute approximate surface area is 86.6 Å². The van der Waals surface area contributed by atoms with Crippen molar-refractivity contribution in [2.45, 2.75) is 36.5 Å². The first-order valence-electron chi connectivity index (χ1n) is 4.98. The number of hydrogen-bond donors (Lipinski definition) is 1. The largest absolute Gasteiger partial charge is 0.302 e. The molecule has 1 aromatic rings. The molecule has 0 bridgehead atoms. The molecule has 1 aliphatic carbocycles. The van der Waals surface area contributed by atoms with Crippen molar-refractivity contribution < 1.29 is 8.76 Å². The summed E-state index contributed by atoms with van der Waals surface area (Å²) in [5, 5.41) is 0. The Kier molecular flexibility index (Phi) is 2.99. The average Bonchev–Trinajstić information content (AvgIpc) is 2.71. The van der Waals surface area contributed by atoms with Gasteiger partial charge in [0.05, 0.1) is 4.90 Å². The molecule has 1 fully saturated rings. The van der Waals surface area contributed by atoms with E-state index in [1.807, 2.05) is 12.1 Å². The van der Waals surface area contributed by atoms with Crippen molar-refractivity contribution in [1.29, 1.82) is 0 Å². The third-order valence-electron chi connectivity index (χ3n) is 2.91. The second-order valence-corrected chi connectivity index (χ2v) is 4.77. The van der Waals surface area contributed by atoms with E-state index in [0.29, 0.717) is 10.8 Å². The minimum absolute atomic E-state index is 0.492.